The second kappa shape index (κ2) is 6.27. The van der Waals surface area contributed by atoms with Crippen molar-refractivity contribution in [3.05, 3.63) is 28.7 Å². The summed E-state index contributed by atoms with van der Waals surface area (Å²) in [6.07, 6.45) is 1.10. The van der Waals surface area contributed by atoms with Crippen molar-refractivity contribution in [2.45, 2.75) is 31.8 Å². The largest absolute Gasteiger partial charge is 0.358 e. The lowest BCUT2D eigenvalue weighted by Gasteiger charge is -2.31. The van der Waals surface area contributed by atoms with E-state index in [1.807, 2.05) is 38.2 Å². The van der Waals surface area contributed by atoms with E-state index in [0.29, 0.717) is 0 Å². The van der Waals surface area contributed by atoms with Gasteiger partial charge in [-0.1, -0.05) is 12.1 Å². The van der Waals surface area contributed by atoms with Crippen LogP contribution in [0.4, 0.5) is 5.69 Å². The van der Waals surface area contributed by atoms with E-state index in [4.69, 9.17) is 5.26 Å². The lowest BCUT2D eigenvalue weighted by Crippen LogP contribution is -2.46. The molecule has 2 unspecified atom stereocenters. The fourth-order valence-electron chi connectivity index (χ4n) is 2.52. The molecule has 1 aliphatic heterocycles. The smallest absolute Gasteiger partial charge is 0.246 e. The molecule has 4 nitrogen and oxygen atoms in total. The normalized spacial score (nSPS) is 23.4. The molecule has 1 aromatic carbocycles. The van der Waals surface area contributed by atoms with Crippen molar-refractivity contribution in [1.29, 1.82) is 5.26 Å². The van der Waals surface area contributed by atoms with Crippen molar-refractivity contribution in [3.63, 3.8) is 0 Å². The molecule has 0 radical (unpaired) electrons. The van der Waals surface area contributed by atoms with Gasteiger partial charge in [0.05, 0.1) is 18.2 Å². The molecule has 20 heavy (non-hydrogen) atoms. The zero-order valence-electron chi connectivity index (χ0n) is 11.7. The number of halogens is 1. The van der Waals surface area contributed by atoms with Crippen molar-refractivity contribution in [2.75, 3.05) is 18.5 Å². The fraction of sp³-hybridized carbons (Fsp3) is 0.467. The van der Waals surface area contributed by atoms with Gasteiger partial charge in [-0.3, -0.25) is 4.79 Å². The van der Waals surface area contributed by atoms with Gasteiger partial charge in [-0.15, -0.1) is 0 Å². The third-order valence-corrected chi connectivity index (χ3v) is 4.57. The summed E-state index contributed by atoms with van der Waals surface area (Å²) in [7, 11) is 1.82. The Morgan fingerprint density at radius 1 is 1.45 bits per heavy atom. The number of benzene rings is 1. The third-order valence-electron chi connectivity index (χ3n) is 3.90. The molecule has 1 heterocycles. The quantitative estimate of drug-likeness (QED) is 0.834. The Morgan fingerprint density at radius 2 is 2.15 bits per heavy atom. The molecule has 106 valence electrons. The average Bonchev–Trinajstić information content (AvgIpc) is 2.54. The van der Waals surface area contributed by atoms with E-state index in [9.17, 15) is 4.79 Å². The number of hydrogen-bond acceptors (Lipinski definition) is 3. The lowest BCUT2D eigenvalue weighted by molar-refractivity contribution is -0.132. The van der Waals surface area contributed by atoms with E-state index in [-0.39, 0.29) is 18.4 Å². The first-order chi connectivity index (χ1) is 9.56. The zero-order chi connectivity index (χ0) is 14.7. The van der Waals surface area contributed by atoms with Gasteiger partial charge < -0.3 is 9.80 Å². The molecular formula is C15H18BrN3O. The summed E-state index contributed by atoms with van der Waals surface area (Å²) in [6.45, 7) is 2.82. The second-order valence-electron chi connectivity index (χ2n) is 5.11. The van der Waals surface area contributed by atoms with Gasteiger partial charge in [0.15, 0.2) is 0 Å². The molecule has 0 spiro atoms. The molecule has 0 N–H and O–H groups in total. The van der Waals surface area contributed by atoms with Crippen LogP contribution >= 0.6 is 15.9 Å². The summed E-state index contributed by atoms with van der Waals surface area (Å²) in [5.74, 6) is 0.0207. The number of carbonyl (C=O) groups is 1. The number of rotatable bonds is 2. The molecule has 0 aliphatic carbocycles. The molecule has 0 bridgehead atoms. The topological polar surface area (TPSA) is 47.3 Å². The molecule has 1 amide bonds. The molecule has 1 saturated heterocycles. The summed E-state index contributed by atoms with van der Waals surface area (Å²) in [6, 6.07) is 9.77. The minimum atomic E-state index is -0.409. The Balaban J connectivity index is 2.41. The summed E-state index contributed by atoms with van der Waals surface area (Å²) in [5.41, 5.74) is 0.976. The maximum Gasteiger partial charge on any atom is 0.246 e. The molecule has 2 rings (SSSR count). The van der Waals surface area contributed by atoms with Gasteiger partial charge in [0.25, 0.3) is 0 Å². The molecule has 1 fully saturated rings. The number of hydrogen-bond donors (Lipinski definition) is 0. The van der Waals surface area contributed by atoms with E-state index in [0.717, 1.165) is 23.1 Å². The van der Waals surface area contributed by atoms with Crippen LogP contribution in [0, 0.1) is 11.3 Å². The van der Waals surface area contributed by atoms with Crippen molar-refractivity contribution in [2.24, 2.45) is 0 Å². The number of likely N-dealkylation sites (N-methyl/N-ethyl adjacent to an activating group) is 1. The average molecular weight is 336 g/mol. The molecule has 2 atom stereocenters. The van der Waals surface area contributed by atoms with E-state index in [2.05, 4.69) is 26.9 Å². The Morgan fingerprint density at radius 3 is 2.80 bits per heavy atom. The first-order valence-electron chi connectivity index (χ1n) is 6.71. The summed E-state index contributed by atoms with van der Waals surface area (Å²) in [4.78, 5) is 16.4. The summed E-state index contributed by atoms with van der Waals surface area (Å²) in [5, 5.41) is 9.06. The van der Waals surface area contributed by atoms with E-state index in [1.165, 1.54) is 0 Å². The molecule has 0 aromatic heterocycles. The fourth-order valence-corrected chi connectivity index (χ4v) is 3.03. The number of nitriles is 1. The van der Waals surface area contributed by atoms with Crippen LogP contribution in [0.2, 0.25) is 0 Å². The van der Waals surface area contributed by atoms with Crippen LogP contribution in [0.3, 0.4) is 0 Å². The van der Waals surface area contributed by atoms with Crippen molar-refractivity contribution >= 4 is 27.5 Å². The molecule has 1 aliphatic rings. The van der Waals surface area contributed by atoms with Gasteiger partial charge in [0.2, 0.25) is 5.91 Å². The van der Waals surface area contributed by atoms with Crippen LogP contribution in [-0.2, 0) is 4.79 Å². The lowest BCUT2D eigenvalue weighted by atomic mass is 10.1. The molecule has 5 heteroatoms. The molecular weight excluding hydrogens is 318 g/mol. The van der Waals surface area contributed by atoms with Crippen LogP contribution in [-0.4, -0.2) is 36.5 Å². The minimum absolute atomic E-state index is 0.0207. The minimum Gasteiger partial charge on any atom is -0.358 e. The SMILES string of the molecule is CC1CCN(c2ccccc2Br)C(CC#N)C(=O)N1C. The monoisotopic (exact) mass is 335 g/mol. The van der Waals surface area contributed by atoms with Gasteiger partial charge in [-0.2, -0.15) is 5.26 Å². The maximum absolute atomic E-state index is 12.6. The second-order valence-corrected chi connectivity index (χ2v) is 5.96. The van der Waals surface area contributed by atoms with Crippen LogP contribution in [0.25, 0.3) is 0 Å². The Kier molecular flexibility index (Phi) is 4.66. The van der Waals surface area contributed by atoms with E-state index >= 15 is 0 Å². The van der Waals surface area contributed by atoms with Gasteiger partial charge in [-0.05, 0) is 41.4 Å². The highest BCUT2D eigenvalue weighted by molar-refractivity contribution is 9.10. The van der Waals surface area contributed by atoms with Crippen LogP contribution in [0.1, 0.15) is 19.8 Å². The van der Waals surface area contributed by atoms with E-state index < -0.39 is 6.04 Å². The van der Waals surface area contributed by atoms with Gasteiger partial charge in [0, 0.05) is 24.1 Å². The summed E-state index contributed by atoms with van der Waals surface area (Å²) < 4.78 is 0.952. The van der Waals surface area contributed by atoms with Crippen LogP contribution in [0.15, 0.2) is 28.7 Å². The number of amides is 1. The third kappa shape index (κ3) is 2.80. The van der Waals surface area contributed by atoms with Crippen molar-refractivity contribution in [3.8, 4) is 6.07 Å². The molecule has 1 aromatic rings. The highest BCUT2D eigenvalue weighted by Gasteiger charge is 2.34. The Labute approximate surface area is 128 Å². The maximum atomic E-state index is 12.6. The highest BCUT2D eigenvalue weighted by Crippen LogP contribution is 2.30. The Bertz CT molecular complexity index is 540. The van der Waals surface area contributed by atoms with Crippen LogP contribution in [0.5, 0.6) is 0 Å². The standard InChI is InChI=1S/C15H18BrN3O/c1-11-8-10-19(13-6-4-3-5-12(13)16)14(7-9-17)15(20)18(11)2/h3-6,11,14H,7-8,10H2,1-2H3. The zero-order valence-corrected chi connectivity index (χ0v) is 13.3. The van der Waals surface area contributed by atoms with Crippen molar-refractivity contribution < 1.29 is 4.79 Å². The number of carbonyl (C=O) groups excluding carboxylic acids is 1. The predicted octanol–water partition coefficient (Wildman–Crippen LogP) is 2.79. The first-order valence-corrected chi connectivity index (χ1v) is 7.50. The predicted molar refractivity (Wildman–Crippen MR) is 82.4 cm³/mol. The summed E-state index contributed by atoms with van der Waals surface area (Å²) >= 11 is 3.54. The Hall–Kier alpha value is -1.54. The van der Waals surface area contributed by atoms with Gasteiger partial charge in [-0.25, -0.2) is 0 Å². The number of anilines is 1. The first kappa shape index (κ1) is 14.9. The van der Waals surface area contributed by atoms with Gasteiger partial charge in [0.1, 0.15) is 6.04 Å². The van der Waals surface area contributed by atoms with Crippen LogP contribution < -0.4 is 4.90 Å². The number of nitrogens with zero attached hydrogens (tertiary/aromatic N) is 3. The van der Waals surface area contributed by atoms with Gasteiger partial charge >= 0.3 is 0 Å². The van der Waals surface area contributed by atoms with E-state index in [1.54, 1.807) is 4.90 Å². The van der Waals surface area contributed by atoms with Crippen molar-refractivity contribution in [1.82, 2.24) is 4.90 Å². The highest BCUT2D eigenvalue weighted by atomic mass is 79.9. The number of para-hydroxylation sites is 1. The molecule has 0 saturated carbocycles.